The van der Waals surface area contributed by atoms with E-state index in [1.807, 2.05) is 0 Å². The number of halogens is 1. The molecule has 0 saturated heterocycles. The van der Waals surface area contributed by atoms with Gasteiger partial charge in [-0.15, -0.1) is 11.6 Å². The maximum Gasteiger partial charge on any atom is 0.251 e. The van der Waals surface area contributed by atoms with Crippen molar-refractivity contribution < 1.29 is 18.0 Å². The molecule has 0 aliphatic heterocycles. The summed E-state index contributed by atoms with van der Waals surface area (Å²) in [6.45, 7) is -0.698. The number of nitriles is 1. The number of alkyl halides is 1. The smallest absolute Gasteiger partial charge is 0.251 e. The van der Waals surface area contributed by atoms with E-state index < -0.39 is 26.9 Å². The lowest BCUT2D eigenvalue weighted by Gasteiger charge is -2.15. The molecule has 124 valence electrons. The zero-order chi connectivity index (χ0) is 17.5. The first-order chi connectivity index (χ1) is 10.8. The van der Waals surface area contributed by atoms with Gasteiger partial charge in [-0.1, -0.05) is 12.1 Å². The minimum Gasteiger partial charge on any atom is -0.350 e. The van der Waals surface area contributed by atoms with E-state index in [0.29, 0.717) is 5.56 Å². The lowest BCUT2D eigenvalue weighted by Crippen LogP contribution is -2.46. The number of sulfone groups is 1. The zero-order valence-corrected chi connectivity index (χ0v) is 13.9. The normalized spacial score (nSPS) is 12.0. The molecule has 1 unspecified atom stereocenters. The van der Waals surface area contributed by atoms with Crippen LogP contribution in [0.25, 0.3) is 0 Å². The Labute approximate surface area is 139 Å². The Morgan fingerprint density at radius 1 is 1.35 bits per heavy atom. The number of carbonyl (C=O) groups excluding carboxylic acids is 2. The molecule has 0 fully saturated rings. The number of amides is 2. The summed E-state index contributed by atoms with van der Waals surface area (Å²) < 4.78 is 23.3. The summed E-state index contributed by atoms with van der Waals surface area (Å²) in [5, 5.41) is 11.5. The lowest BCUT2D eigenvalue weighted by molar-refractivity contribution is -0.120. The van der Waals surface area contributed by atoms with Gasteiger partial charge in [0, 0.05) is 24.2 Å². The Morgan fingerprint density at radius 2 is 2.04 bits per heavy atom. The number of nitrogens with one attached hydrogen (secondary N) is 2. The average molecular weight is 358 g/mol. The molecule has 0 aliphatic carbocycles. The molecule has 0 aliphatic rings. The third-order valence-electron chi connectivity index (χ3n) is 2.94. The van der Waals surface area contributed by atoms with Crippen LogP contribution in [-0.2, 0) is 20.5 Å². The molecule has 1 aromatic carbocycles. The molecule has 9 heteroatoms. The van der Waals surface area contributed by atoms with Crippen LogP contribution in [0.3, 0.4) is 0 Å². The topological polar surface area (TPSA) is 116 Å². The molecule has 0 bridgehead atoms. The Morgan fingerprint density at radius 3 is 2.61 bits per heavy atom. The molecule has 1 atom stereocenters. The SMILES string of the molecule is CS(=O)(=O)C(CNC(=O)c1cccc(CCl)c1)C(=O)NCC#N. The van der Waals surface area contributed by atoms with E-state index in [1.165, 1.54) is 0 Å². The summed E-state index contributed by atoms with van der Waals surface area (Å²) in [4.78, 5) is 23.8. The Balaban J connectivity index is 2.80. The minimum atomic E-state index is -3.74. The van der Waals surface area contributed by atoms with Crippen LogP contribution in [0.1, 0.15) is 15.9 Å². The quantitative estimate of drug-likeness (QED) is 0.534. The van der Waals surface area contributed by atoms with Crippen LogP contribution in [-0.4, -0.2) is 44.8 Å². The van der Waals surface area contributed by atoms with Crippen molar-refractivity contribution >= 4 is 33.3 Å². The van der Waals surface area contributed by atoms with Gasteiger partial charge in [0.25, 0.3) is 5.91 Å². The van der Waals surface area contributed by atoms with Gasteiger partial charge in [0.05, 0.1) is 6.07 Å². The molecule has 7 nitrogen and oxygen atoms in total. The fraction of sp³-hybridized carbons (Fsp3) is 0.357. The summed E-state index contributed by atoms with van der Waals surface area (Å²) in [7, 11) is -3.74. The van der Waals surface area contributed by atoms with Gasteiger partial charge in [0.1, 0.15) is 6.54 Å². The lowest BCUT2D eigenvalue weighted by atomic mass is 10.1. The Kier molecular flexibility index (Phi) is 7.00. The van der Waals surface area contributed by atoms with Gasteiger partial charge in [-0.2, -0.15) is 5.26 Å². The van der Waals surface area contributed by atoms with Gasteiger partial charge in [-0.05, 0) is 17.7 Å². The molecule has 0 radical (unpaired) electrons. The first kappa shape index (κ1) is 18.9. The van der Waals surface area contributed by atoms with Gasteiger partial charge in [-0.25, -0.2) is 8.42 Å². The van der Waals surface area contributed by atoms with E-state index in [-0.39, 0.29) is 19.0 Å². The highest BCUT2D eigenvalue weighted by Gasteiger charge is 2.29. The van der Waals surface area contributed by atoms with Crippen molar-refractivity contribution in [3.05, 3.63) is 35.4 Å². The summed E-state index contributed by atoms with van der Waals surface area (Å²) in [5.41, 5.74) is 1.05. The maximum atomic E-state index is 12.0. The van der Waals surface area contributed by atoms with Crippen molar-refractivity contribution in [3.8, 4) is 6.07 Å². The first-order valence-corrected chi connectivity index (χ1v) is 9.05. The van der Waals surface area contributed by atoms with E-state index in [1.54, 1.807) is 30.3 Å². The third kappa shape index (κ3) is 5.88. The number of carbonyl (C=O) groups is 2. The van der Waals surface area contributed by atoms with Crippen molar-refractivity contribution in [2.75, 3.05) is 19.3 Å². The number of benzene rings is 1. The summed E-state index contributed by atoms with van der Waals surface area (Å²) in [6, 6.07) is 8.21. The minimum absolute atomic E-state index is 0.240. The largest absolute Gasteiger partial charge is 0.350 e. The molecule has 1 rings (SSSR count). The van der Waals surface area contributed by atoms with Crippen LogP contribution in [0.4, 0.5) is 0 Å². The Hall–Kier alpha value is -2.11. The Bertz CT molecular complexity index is 728. The van der Waals surface area contributed by atoms with E-state index in [2.05, 4.69) is 10.6 Å². The number of hydrogen-bond donors (Lipinski definition) is 2. The van der Waals surface area contributed by atoms with Crippen LogP contribution < -0.4 is 10.6 Å². The average Bonchev–Trinajstić information content (AvgIpc) is 2.51. The molecule has 1 aromatic rings. The van der Waals surface area contributed by atoms with Gasteiger partial charge >= 0.3 is 0 Å². The van der Waals surface area contributed by atoms with E-state index in [0.717, 1.165) is 11.8 Å². The molecule has 0 heterocycles. The summed E-state index contributed by atoms with van der Waals surface area (Å²) >= 11 is 5.69. The molecule has 2 N–H and O–H groups in total. The zero-order valence-electron chi connectivity index (χ0n) is 12.4. The van der Waals surface area contributed by atoms with E-state index in [4.69, 9.17) is 16.9 Å². The second-order valence-electron chi connectivity index (χ2n) is 4.74. The van der Waals surface area contributed by atoms with E-state index >= 15 is 0 Å². The maximum absolute atomic E-state index is 12.0. The molecular formula is C14H16ClN3O4S. The molecule has 23 heavy (non-hydrogen) atoms. The number of nitrogens with zero attached hydrogens (tertiary/aromatic N) is 1. The standard InChI is InChI=1S/C14H16ClN3O4S/c1-23(21,22)12(14(20)17-6-5-16)9-18-13(19)11-4-2-3-10(7-11)8-15/h2-4,7,12H,6,8-9H2,1H3,(H,17,20)(H,18,19). The highest BCUT2D eigenvalue weighted by Crippen LogP contribution is 2.08. The van der Waals surface area contributed by atoms with Crippen LogP contribution in [0.15, 0.2) is 24.3 Å². The summed E-state index contributed by atoms with van der Waals surface area (Å²) in [6.07, 6.45) is 0.893. The van der Waals surface area contributed by atoms with E-state index in [9.17, 15) is 18.0 Å². The molecule has 0 saturated carbocycles. The summed E-state index contributed by atoms with van der Waals surface area (Å²) in [5.74, 6) is -1.11. The molecule has 2 amide bonds. The molecule has 0 spiro atoms. The van der Waals surface area contributed by atoms with Gasteiger partial charge in [0.15, 0.2) is 15.1 Å². The second kappa shape index (κ2) is 8.50. The monoisotopic (exact) mass is 357 g/mol. The van der Waals surface area contributed by atoms with Crippen LogP contribution in [0.5, 0.6) is 0 Å². The van der Waals surface area contributed by atoms with Gasteiger partial charge < -0.3 is 10.6 Å². The van der Waals surface area contributed by atoms with Gasteiger partial charge in [0.2, 0.25) is 5.91 Å². The molecular weight excluding hydrogens is 342 g/mol. The third-order valence-corrected chi connectivity index (χ3v) is 4.67. The predicted molar refractivity (Wildman–Crippen MR) is 85.6 cm³/mol. The highest BCUT2D eigenvalue weighted by molar-refractivity contribution is 7.92. The van der Waals surface area contributed by atoms with Crippen LogP contribution in [0, 0.1) is 11.3 Å². The number of hydrogen-bond acceptors (Lipinski definition) is 5. The van der Waals surface area contributed by atoms with Crippen LogP contribution in [0.2, 0.25) is 0 Å². The van der Waals surface area contributed by atoms with Crippen LogP contribution >= 0.6 is 11.6 Å². The van der Waals surface area contributed by atoms with Crippen molar-refractivity contribution in [2.24, 2.45) is 0 Å². The fourth-order valence-electron chi connectivity index (χ4n) is 1.76. The molecule has 0 aromatic heterocycles. The van der Waals surface area contributed by atoms with Crippen molar-refractivity contribution in [3.63, 3.8) is 0 Å². The van der Waals surface area contributed by atoms with Gasteiger partial charge in [-0.3, -0.25) is 9.59 Å². The van der Waals surface area contributed by atoms with Crippen molar-refractivity contribution in [1.29, 1.82) is 5.26 Å². The highest BCUT2D eigenvalue weighted by atomic mass is 35.5. The first-order valence-electron chi connectivity index (χ1n) is 6.56. The van der Waals surface area contributed by atoms with Crippen molar-refractivity contribution in [1.82, 2.24) is 10.6 Å². The predicted octanol–water partition coefficient (Wildman–Crippen LogP) is 0.208. The number of rotatable bonds is 7. The second-order valence-corrected chi connectivity index (χ2v) is 7.23. The fourth-order valence-corrected chi connectivity index (χ4v) is 2.79. The van der Waals surface area contributed by atoms with Crippen molar-refractivity contribution in [2.45, 2.75) is 11.1 Å².